The van der Waals surface area contributed by atoms with E-state index in [-0.39, 0.29) is 16.4 Å². The number of aromatic nitrogens is 1. The van der Waals surface area contributed by atoms with Crippen molar-refractivity contribution in [3.05, 3.63) is 69.3 Å². The predicted octanol–water partition coefficient (Wildman–Crippen LogP) is 3.32. The standard InChI is InChI=1S/C16H8ClNO2/c17-13-14-9-5-1-2-6-10(9)16(20)18(14)12-8-4-3-7-11(12)15(13)19/h1-8H. The number of halogens is 1. The molecule has 0 aliphatic carbocycles. The maximum atomic E-state index is 12.6. The summed E-state index contributed by atoms with van der Waals surface area (Å²) in [5, 5.41) is 0.560. The van der Waals surface area contributed by atoms with Crippen molar-refractivity contribution in [1.82, 2.24) is 4.57 Å². The van der Waals surface area contributed by atoms with E-state index >= 15 is 0 Å². The first kappa shape index (κ1) is 11.4. The minimum Gasteiger partial charge on any atom is -0.287 e. The largest absolute Gasteiger partial charge is 0.287 e. The summed E-state index contributed by atoms with van der Waals surface area (Å²) in [5.74, 6) is -0.145. The molecular weight excluding hydrogens is 274 g/mol. The summed E-state index contributed by atoms with van der Waals surface area (Å²) in [6.45, 7) is 0. The van der Waals surface area contributed by atoms with Gasteiger partial charge in [0.25, 0.3) is 5.91 Å². The lowest BCUT2D eigenvalue weighted by Gasteiger charge is -2.09. The molecule has 3 aromatic rings. The van der Waals surface area contributed by atoms with Crippen LogP contribution in [0.15, 0.2) is 53.3 Å². The van der Waals surface area contributed by atoms with E-state index in [1.165, 1.54) is 4.57 Å². The number of pyridine rings is 1. The third-order valence-electron chi connectivity index (χ3n) is 3.64. The van der Waals surface area contributed by atoms with E-state index in [4.69, 9.17) is 11.6 Å². The molecule has 4 heteroatoms. The van der Waals surface area contributed by atoms with E-state index in [1.807, 2.05) is 12.1 Å². The smallest absolute Gasteiger partial charge is 0.263 e. The molecule has 2 heterocycles. The Labute approximate surface area is 119 Å². The molecule has 0 unspecified atom stereocenters. The van der Waals surface area contributed by atoms with Crippen molar-refractivity contribution in [3.8, 4) is 11.3 Å². The van der Waals surface area contributed by atoms with Crippen molar-refractivity contribution in [3.63, 3.8) is 0 Å². The Kier molecular flexibility index (Phi) is 2.18. The van der Waals surface area contributed by atoms with E-state index in [0.29, 0.717) is 27.7 Å². The number of carbonyl (C=O) groups excluding carboxylic acids is 1. The van der Waals surface area contributed by atoms with Crippen LogP contribution >= 0.6 is 11.6 Å². The fraction of sp³-hybridized carbons (Fsp3) is 0. The van der Waals surface area contributed by atoms with Crippen molar-refractivity contribution in [1.29, 1.82) is 0 Å². The number of carbonyl (C=O) groups is 1. The number of para-hydroxylation sites is 1. The normalized spacial score (nSPS) is 12.6. The summed E-state index contributed by atoms with van der Waals surface area (Å²) < 4.78 is 1.53. The first-order valence-corrected chi connectivity index (χ1v) is 6.55. The van der Waals surface area contributed by atoms with Crippen LogP contribution in [0.5, 0.6) is 0 Å². The van der Waals surface area contributed by atoms with Gasteiger partial charge in [0.05, 0.1) is 11.2 Å². The van der Waals surface area contributed by atoms with Gasteiger partial charge in [-0.25, -0.2) is 0 Å². The van der Waals surface area contributed by atoms with E-state index in [2.05, 4.69) is 0 Å². The lowest BCUT2D eigenvalue weighted by molar-refractivity contribution is 0.0973. The lowest BCUT2D eigenvalue weighted by atomic mass is 10.1. The topological polar surface area (TPSA) is 39.1 Å². The molecule has 96 valence electrons. The van der Waals surface area contributed by atoms with Crippen molar-refractivity contribution < 1.29 is 4.79 Å². The second kappa shape index (κ2) is 3.81. The molecule has 0 atom stereocenters. The van der Waals surface area contributed by atoms with Gasteiger partial charge in [0.2, 0.25) is 5.43 Å². The highest BCUT2D eigenvalue weighted by atomic mass is 35.5. The molecule has 0 amide bonds. The molecular formula is C16H8ClNO2. The van der Waals surface area contributed by atoms with Gasteiger partial charge < -0.3 is 0 Å². The number of fused-ring (bicyclic) bond motifs is 5. The highest BCUT2D eigenvalue weighted by Crippen LogP contribution is 2.37. The molecule has 2 aromatic carbocycles. The summed E-state index contributed by atoms with van der Waals surface area (Å²) in [4.78, 5) is 24.9. The predicted molar refractivity (Wildman–Crippen MR) is 78.4 cm³/mol. The van der Waals surface area contributed by atoms with E-state index in [9.17, 15) is 9.59 Å². The summed E-state index contributed by atoms with van der Waals surface area (Å²) in [6, 6.07) is 14.2. The second-order valence-corrected chi connectivity index (χ2v) is 5.07. The van der Waals surface area contributed by atoms with Gasteiger partial charge in [-0.15, -0.1) is 0 Å². The highest BCUT2D eigenvalue weighted by Gasteiger charge is 2.30. The average Bonchev–Trinajstić information content (AvgIpc) is 2.79. The molecule has 1 aromatic heterocycles. The summed E-state index contributed by atoms with van der Waals surface area (Å²) >= 11 is 6.23. The molecule has 0 saturated heterocycles. The molecule has 1 aliphatic heterocycles. The van der Waals surface area contributed by atoms with Gasteiger partial charge in [0.1, 0.15) is 5.02 Å². The van der Waals surface area contributed by atoms with Gasteiger partial charge in [-0.2, -0.15) is 0 Å². The Hall–Kier alpha value is -2.39. The summed E-state index contributed by atoms with van der Waals surface area (Å²) in [5.41, 5.74) is 2.14. The van der Waals surface area contributed by atoms with Crippen LogP contribution in [-0.2, 0) is 0 Å². The number of hydrogen-bond donors (Lipinski definition) is 0. The number of benzene rings is 2. The maximum Gasteiger partial charge on any atom is 0.263 e. The molecule has 20 heavy (non-hydrogen) atoms. The van der Waals surface area contributed by atoms with E-state index in [0.717, 1.165) is 0 Å². The zero-order chi connectivity index (χ0) is 13.9. The Morgan fingerprint density at radius 1 is 0.850 bits per heavy atom. The van der Waals surface area contributed by atoms with E-state index in [1.54, 1.807) is 36.4 Å². The third kappa shape index (κ3) is 1.25. The third-order valence-corrected chi connectivity index (χ3v) is 3.99. The number of hydrogen-bond acceptors (Lipinski definition) is 2. The minimum absolute atomic E-state index is 0.0991. The number of nitrogens with zero attached hydrogens (tertiary/aromatic N) is 1. The van der Waals surface area contributed by atoms with Crippen molar-refractivity contribution in [2.45, 2.75) is 0 Å². The lowest BCUT2D eigenvalue weighted by Crippen LogP contribution is -2.14. The Morgan fingerprint density at radius 2 is 1.50 bits per heavy atom. The van der Waals surface area contributed by atoms with Gasteiger partial charge in [-0.3, -0.25) is 14.2 Å². The average molecular weight is 282 g/mol. The SMILES string of the molecule is O=C1c2ccccc2-c2c(Cl)c(=O)c3ccccc3n21. The fourth-order valence-electron chi connectivity index (χ4n) is 2.75. The quantitative estimate of drug-likeness (QED) is 0.496. The van der Waals surface area contributed by atoms with Crippen LogP contribution in [0.25, 0.3) is 22.2 Å². The zero-order valence-corrected chi connectivity index (χ0v) is 11.0. The van der Waals surface area contributed by atoms with Gasteiger partial charge >= 0.3 is 0 Å². The molecule has 3 nitrogen and oxygen atoms in total. The van der Waals surface area contributed by atoms with Crippen LogP contribution in [0.4, 0.5) is 0 Å². The van der Waals surface area contributed by atoms with Crippen molar-refractivity contribution in [2.24, 2.45) is 0 Å². The highest BCUT2D eigenvalue weighted by molar-refractivity contribution is 6.35. The van der Waals surface area contributed by atoms with Crippen LogP contribution in [0.3, 0.4) is 0 Å². The molecule has 1 aliphatic rings. The van der Waals surface area contributed by atoms with Crippen LogP contribution in [0.1, 0.15) is 10.4 Å². The Balaban J connectivity index is 2.30. The first-order chi connectivity index (χ1) is 9.70. The molecule has 0 N–H and O–H groups in total. The number of rotatable bonds is 0. The van der Waals surface area contributed by atoms with Crippen LogP contribution in [-0.4, -0.2) is 10.5 Å². The van der Waals surface area contributed by atoms with Crippen molar-refractivity contribution >= 4 is 28.4 Å². The van der Waals surface area contributed by atoms with Gasteiger partial charge in [-0.1, -0.05) is 41.9 Å². The molecule has 0 saturated carbocycles. The Bertz CT molecular complexity index is 956. The maximum absolute atomic E-state index is 12.6. The van der Waals surface area contributed by atoms with Gasteiger partial charge in [0, 0.05) is 16.5 Å². The second-order valence-electron chi connectivity index (χ2n) is 4.70. The van der Waals surface area contributed by atoms with Crippen LogP contribution < -0.4 is 5.43 Å². The zero-order valence-electron chi connectivity index (χ0n) is 10.3. The summed E-state index contributed by atoms with van der Waals surface area (Å²) in [7, 11) is 0. The van der Waals surface area contributed by atoms with Crippen molar-refractivity contribution in [2.75, 3.05) is 0 Å². The van der Waals surface area contributed by atoms with Crippen LogP contribution in [0, 0.1) is 0 Å². The first-order valence-electron chi connectivity index (χ1n) is 6.17. The van der Waals surface area contributed by atoms with E-state index < -0.39 is 0 Å². The molecule has 0 spiro atoms. The minimum atomic E-state index is -0.238. The Morgan fingerprint density at radius 3 is 2.30 bits per heavy atom. The monoisotopic (exact) mass is 281 g/mol. The molecule has 0 radical (unpaired) electrons. The molecule has 4 rings (SSSR count). The van der Waals surface area contributed by atoms with Crippen LogP contribution in [0.2, 0.25) is 5.02 Å². The van der Waals surface area contributed by atoms with Gasteiger partial charge in [-0.05, 0) is 18.2 Å². The molecule has 0 bridgehead atoms. The fourth-order valence-corrected chi connectivity index (χ4v) is 3.04. The summed E-state index contributed by atoms with van der Waals surface area (Å²) in [6.07, 6.45) is 0. The molecule has 0 fully saturated rings. The van der Waals surface area contributed by atoms with Gasteiger partial charge in [0.15, 0.2) is 0 Å².